The van der Waals surface area contributed by atoms with Crippen LogP contribution in [0.2, 0.25) is 0 Å². The third-order valence-electron chi connectivity index (χ3n) is 1.71. The average Bonchev–Trinajstić information content (AvgIpc) is 1.86. The molecule has 0 radical (unpaired) electrons. The standard InChI is InChI=1S/C8H12ClN/c1-2-3-10-8-4-7(5-8)6-9/h2,7H,1,3-6H2. The maximum absolute atomic E-state index is 5.63. The molecular formula is C8H12ClN. The molecule has 0 amide bonds. The summed E-state index contributed by atoms with van der Waals surface area (Å²) in [7, 11) is 0. The van der Waals surface area contributed by atoms with Crippen molar-refractivity contribution in [2.75, 3.05) is 12.4 Å². The average molecular weight is 158 g/mol. The summed E-state index contributed by atoms with van der Waals surface area (Å²) in [5.41, 5.74) is 1.31. The number of halogens is 1. The Labute approximate surface area is 66.8 Å². The second kappa shape index (κ2) is 3.77. The Kier molecular flexibility index (Phi) is 2.94. The van der Waals surface area contributed by atoms with Crippen LogP contribution < -0.4 is 0 Å². The Morgan fingerprint density at radius 2 is 2.40 bits per heavy atom. The molecule has 1 aliphatic rings. The van der Waals surface area contributed by atoms with Gasteiger partial charge < -0.3 is 0 Å². The van der Waals surface area contributed by atoms with Crippen molar-refractivity contribution in [1.29, 1.82) is 0 Å². The van der Waals surface area contributed by atoms with Crippen molar-refractivity contribution < 1.29 is 0 Å². The first-order valence-corrected chi connectivity index (χ1v) is 4.09. The summed E-state index contributed by atoms with van der Waals surface area (Å²) in [5, 5.41) is 0. The molecule has 2 heteroatoms. The highest BCUT2D eigenvalue weighted by molar-refractivity contribution is 6.18. The molecule has 0 N–H and O–H groups in total. The normalized spacial score (nSPS) is 23.7. The van der Waals surface area contributed by atoms with Crippen LogP contribution in [0.25, 0.3) is 0 Å². The van der Waals surface area contributed by atoms with Crippen LogP contribution in [0.3, 0.4) is 0 Å². The Hall–Kier alpha value is -0.300. The van der Waals surface area contributed by atoms with E-state index in [0.29, 0.717) is 5.92 Å². The molecule has 0 aromatic carbocycles. The molecule has 0 aromatic heterocycles. The first kappa shape index (κ1) is 7.80. The van der Waals surface area contributed by atoms with Crippen molar-refractivity contribution >= 4 is 17.3 Å². The lowest BCUT2D eigenvalue weighted by Crippen LogP contribution is -2.24. The van der Waals surface area contributed by atoms with E-state index >= 15 is 0 Å². The maximum atomic E-state index is 5.63. The van der Waals surface area contributed by atoms with E-state index in [1.54, 1.807) is 0 Å². The molecule has 0 unspecified atom stereocenters. The molecule has 0 atom stereocenters. The highest BCUT2D eigenvalue weighted by atomic mass is 35.5. The van der Waals surface area contributed by atoms with Crippen LogP contribution in [0.1, 0.15) is 12.8 Å². The van der Waals surface area contributed by atoms with E-state index in [9.17, 15) is 0 Å². The molecule has 0 saturated heterocycles. The van der Waals surface area contributed by atoms with Crippen LogP contribution >= 0.6 is 11.6 Å². The number of nitrogens with zero attached hydrogens (tertiary/aromatic N) is 1. The van der Waals surface area contributed by atoms with Gasteiger partial charge in [-0.05, 0) is 18.8 Å². The van der Waals surface area contributed by atoms with Crippen LogP contribution in [0, 0.1) is 5.92 Å². The number of alkyl halides is 1. The molecule has 1 fully saturated rings. The number of hydrogen-bond donors (Lipinski definition) is 0. The van der Waals surface area contributed by atoms with Crippen molar-refractivity contribution in [2.45, 2.75) is 12.8 Å². The molecule has 0 bridgehead atoms. The number of aliphatic imine (C=N–C) groups is 1. The second-order valence-corrected chi connectivity index (χ2v) is 2.93. The molecular weight excluding hydrogens is 146 g/mol. The summed E-state index contributed by atoms with van der Waals surface area (Å²) in [4.78, 5) is 4.29. The van der Waals surface area contributed by atoms with Crippen molar-refractivity contribution in [3.63, 3.8) is 0 Å². The van der Waals surface area contributed by atoms with E-state index in [4.69, 9.17) is 11.6 Å². The van der Waals surface area contributed by atoms with Crippen molar-refractivity contribution in [3.05, 3.63) is 12.7 Å². The van der Waals surface area contributed by atoms with Gasteiger partial charge in [-0.2, -0.15) is 0 Å². The van der Waals surface area contributed by atoms with E-state index in [-0.39, 0.29) is 0 Å². The van der Waals surface area contributed by atoms with Gasteiger partial charge in [0.05, 0.1) is 6.54 Å². The summed E-state index contributed by atoms with van der Waals surface area (Å²) in [6.45, 7) is 4.37. The Morgan fingerprint density at radius 1 is 1.70 bits per heavy atom. The molecule has 10 heavy (non-hydrogen) atoms. The lowest BCUT2D eigenvalue weighted by Gasteiger charge is -2.25. The van der Waals surface area contributed by atoms with Gasteiger partial charge in [-0.25, -0.2) is 0 Å². The van der Waals surface area contributed by atoms with E-state index in [0.717, 1.165) is 25.3 Å². The van der Waals surface area contributed by atoms with Gasteiger partial charge in [-0.15, -0.1) is 18.2 Å². The SMILES string of the molecule is C=CCN=C1CC(CCl)C1. The summed E-state index contributed by atoms with van der Waals surface area (Å²) < 4.78 is 0. The first-order chi connectivity index (χ1) is 4.86. The Morgan fingerprint density at radius 3 is 2.90 bits per heavy atom. The van der Waals surface area contributed by atoms with Gasteiger partial charge in [0.15, 0.2) is 0 Å². The van der Waals surface area contributed by atoms with E-state index in [1.165, 1.54) is 5.71 Å². The molecule has 1 nitrogen and oxygen atoms in total. The predicted molar refractivity (Wildman–Crippen MR) is 45.9 cm³/mol. The number of rotatable bonds is 3. The second-order valence-electron chi connectivity index (χ2n) is 2.62. The van der Waals surface area contributed by atoms with Crippen LogP contribution in [0.15, 0.2) is 17.6 Å². The largest absolute Gasteiger partial charge is 0.290 e. The lowest BCUT2D eigenvalue weighted by atomic mass is 9.85. The van der Waals surface area contributed by atoms with Crippen molar-refractivity contribution in [3.8, 4) is 0 Å². The minimum absolute atomic E-state index is 0.699. The van der Waals surface area contributed by atoms with Gasteiger partial charge in [-0.1, -0.05) is 6.08 Å². The first-order valence-electron chi connectivity index (χ1n) is 3.56. The fraction of sp³-hybridized carbons (Fsp3) is 0.625. The zero-order chi connectivity index (χ0) is 7.40. The molecule has 1 rings (SSSR count). The Bertz CT molecular complexity index is 143. The highest BCUT2D eigenvalue weighted by Gasteiger charge is 2.22. The zero-order valence-electron chi connectivity index (χ0n) is 6.02. The van der Waals surface area contributed by atoms with Gasteiger partial charge in [0.1, 0.15) is 0 Å². The topological polar surface area (TPSA) is 12.4 Å². The van der Waals surface area contributed by atoms with Crippen LogP contribution in [-0.4, -0.2) is 18.1 Å². The number of hydrogen-bond acceptors (Lipinski definition) is 1. The van der Waals surface area contributed by atoms with E-state index in [2.05, 4.69) is 11.6 Å². The molecule has 1 aliphatic carbocycles. The monoisotopic (exact) mass is 157 g/mol. The van der Waals surface area contributed by atoms with E-state index < -0.39 is 0 Å². The van der Waals surface area contributed by atoms with Crippen LogP contribution in [0.4, 0.5) is 0 Å². The summed E-state index contributed by atoms with van der Waals surface area (Å²) in [5.74, 6) is 1.48. The van der Waals surface area contributed by atoms with Gasteiger partial charge in [0, 0.05) is 11.6 Å². The smallest absolute Gasteiger partial charge is 0.0567 e. The Balaban J connectivity index is 2.18. The van der Waals surface area contributed by atoms with Crippen LogP contribution in [-0.2, 0) is 0 Å². The van der Waals surface area contributed by atoms with Crippen molar-refractivity contribution in [2.24, 2.45) is 10.9 Å². The molecule has 1 saturated carbocycles. The van der Waals surface area contributed by atoms with Gasteiger partial charge >= 0.3 is 0 Å². The summed E-state index contributed by atoms with van der Waals surface area (Å²) in [6, 6.07) is 0. The minimum atomic E-state index is 0.699. The fourth-order valence-electron chi connectivity index (χ4n) is 1.04. The molecule has 0 aromatic rings. The highest BCUT2D eigenvalue weighted by Crippen LogP contribution is 2.25. The molecule has 0 aliphatic heterocycles. The maximum Gasteiger partial charge on any atom is 0.0567 e. The van der Waals surface area contributed by atoms with Gasteiger partial charge in [0.25, 0.3) is 0 Å². The molecule has 0 spiro atoms. The van der Waals surface area contributed by atoms with Gasteiger partial charge in [0.2, 0.25) is 0 Å². The zero-order valence-corrected chi connectivity index (χ0v) is 6.77. The summed E-state index contributed by atoms with van der Waals surface area (Å²) >= 11 is 5.63. The third kappa shape index (κ3) is 1.84. The minimum Gasteiger partial charge on any atom is -0.290 e. The fourth-order valence-corrected chi connectivity index (χ4v) is 1.26. The van der Waals surface area contributed by atoms with E-state index in [1.807, 2.05) is 6.08 Å². The molecule has 0 heterocycles. The van der Waals surface area contributed by atoms with Crippen molar-refractivity contribution in [1.82, 2.24) is 0 Å². The third-order valence-corrected chi connectivity index (χ3v) is 2.15. The summed E-state index contributed by atoms with van der Waals surface area (Å²) in [6.07, 6.45) is 4.04. The van der Waals surface area contributed by atoms with Crippen LogP contribution in [0.5, 0.6) is 0 Å². The quantitative estimate of drug-likeness (QED) is 0.440. The lowest BCUT2D eigenvalue weighted by molar-refractivity contribution is 0.560. The van der Waals surface area contributed by atoms with Gasteiger partial charge in [-0.3, -0.25) is 4.99 Å². The predicted octanol–water partition coefficient (Wildman–Crippen LogP) is 2.26. The molecule has 56 valence electrons.